The van der Waals surface area contributed by atoms with E-state index in [1.165, 1.54) is 11.3 Å². The predicted octanol–water partition coefficient (Wildman–Crippen LogP) is 2.61. The summed E-state index contributed by atoms with van der Waals surface area (Å²) in [7, 11) is 2.20. The molecule has 2 nitrogen and oxygen atoms in total. The van der Waals surface area contributed by atoms with Crippen molar-refractivity contribution in [3.63, 3.8) is 0 Å². The number of nitrogens with one attached hydrogen (secondary N) is 1. The van der Waals surface area contributed by atoms with Crippen molar-refractivity contribution in [3.05, 3.63) is 22.4 Å². The van der Waals surface area contributed by atoms with E-state index in [0.717, 1.165) is 26.1 Å². The molecule has 1 rings (SSSR count). The summed E-state index contributed by atoms with van der Waals surface area (Å²) in [5, 5.41) is 5.64. The van der Waals surface area contributed by atoms with Gasteiger partial charge in [0.25, 0.3) is 0 Å². The molecule has 0 aliphatic carbocycles. The van der Waals surface area contributed by atoms with Gasteiger partial charge in [0.1, 0.15) is 0 Å². The van der Waals surface area contributed by atoms with Crippen LogP contribution in [0.2, 0.25) is 0 Å². The average Bonchev–Trinajstić information content (AvgIpc) is 2.80. The van der Waals surface area contributed by atoms with Crippen LogP contribution in [0.5, 0.6) is 0 Å². The number of hydrogen-bond acceptors (Lipinski definition) is 3. The zero-order valence-corrected chi connectivity index (χ0v) is 11.5. The maximum absolute atomic E-state index is 3.50. The molecule has 1 aromatic heterocycles. The predicted molar refractivity (Wildman–Crippen MR) is 73.3 cm³/mol. The molecule has 3 heteroatoms. The van der Waals surface area contributed by atoms with Gasteiger partial charge in [-0.1, -0.05) is 13.0 Å². The summed E-state index contributed by atoms with van der Waals surface area (Å²) < 4.78 is 0. The number of hydrogen-bond donors (Lipinski definition) is 1. The number of nitrogens with zero attached hydrogens (tertiary/aromatic N) is 1. The van der Waals surface area contributed by atoms with Crippen LogP contribution < -0.4 is 5.32 Å². The Hall–Kier alpha value is -0.380. The second-order valence-corrected chi connectivity index (χ2v) is 5.35. The monoisotopic (exact) mass is 240 g/mol. The Morgan fingerprint density at radius 3 is 2.88 bits per heavy atom. The highest BCUT2D eigenvalue weighted by atomic mass is 32.1. The number of thiophene rings is 1. The molecule has 1 aromatic rings. The van der Waals surface area contributed by atoms with Crippen molar-refractivity contribution in [2.24, 2.45) is 0 Å². The summed E-state index contributed by atoms with van der Waals surface area (Å²) in [5.41, 5.74) is 0. The van der Waals surface area contributed by atoms with E-state index in [2.05, 4.69) is 48.6 Å². The molecule has 0 radical (unpaired) electrons. The van der Waals surface area contributed by atoms with Crippen LogP contribution in [0.4, 0.5) is 0 Å². The lowest BCUT2D eigenvalue weighted by molar-refractivity contribution is 0.252. The molecular formula is C13H24N2S. The summed E-state index contributed by atoms with van der Waals surface area (Å²) >= 11 is 1.85. The normalized spacial score (nSPS) is 13.2. The van der Waals surface area contributed by atoms with Crippen LogP contribution >= 0.6 is 11.3 Å². The smallest absolute Gasteiger partial charge is 0.0107 e. The van der Waals surface area contributed by atoms with Gasteiger partial charge in [0.05, 0.1) is 0 Å². The van der Waals surface area contributed by atoms with Crippen LogP contribution in [0.3, 0.4) is 0 Å². The molecule has 0 fully saturated rings. The van der Waals surface area contributed by atoms with Gasteiger partial charge in [-0.15, -0.1) is 11.3 Å². The van der Waals surface area contributed by atoms with Gasteiger partial charge < -0.3 is 10.2 Å². The number of likely N-dealkylation sites (N-methyl/N-ethyl adjacent to an activating group) is 1. The van der Waals surface area contributed by atoms with Gasteiger partial charge in [0, 0.05) is 30.6 Å². The van der Waals surface area contributed by atoms with Gasteiger partial charge in [-0.05, 0) is 38.3 Å². The van der Waals surface area contributed by atoms with Crippen molar-refractivity contribution in [1.82, 2.24) is 10.2 Å². The van der Waals surface area contributed by atoms with Crippen LogP contribution in [0.25, 0.3) is 0 Å². The van der Waals surface area contributed by atoms with E-state index in [1.807, 2.05) is 11.3 Å². The van der Waals surface area contributed by atoms with Gasteiger partial charge in [0.15, 0.2) is 0 Å². The zero-order chi connectivity index (χ0) is 11.8. The van der Waals surface area contributed by atoms with Crippen LogP contribution in [-0.4, -0.2) is 37.6 Å². The minimum absolute atomic E-state index is 0.694. The van der Waals surface area contributed by atoms with Crippen LogP contribution in [0.15, 0.2) is 17.5 Å². The molecule has 0 saturated heterocycles. The van der Waals surface area contributed by atoms with E-state index >= 15 is 0 Å². The Kier molecular flexibility index (Phi) is 6.69. The van der Waals surface area contributed by atoms with Gasteiger partial charge in [-0.2, -0.15) is 0 Å². The SMILES string of the molecule is CCC(C)N(C)CCNCCc1cccs1. The Labute approximate surface area is 104 Å². The fraction of sp³-hybridized carbons (Fsp3) is 0.692. The molecule has 0 amide bonds. The fourth-order valence-electron chi connectivity index (χ4n) is 1.58. The Balaban J connectivity index is 1.99. The quantitative estimate of drug-likeness (QED) is 0.703. The molecule has 16 heavy (non-hydrogen) atoms. The molecule has 1 atom stereocenters. The number of rotatable bonds is 8. The van der Waals surface area contributed by atoms with E-state index in [0.29, 0.717) is 6.04 Å². The second-order valence-electron chi connectivity index (χ2n) is 4.32. The average molecular weight is 240 g/mol. The first-order valence-electron chi connectivity index (χ1n) is 6.17. The fourth-order valence-corrected chi connectivity index (χ4v) is 2.29. The summed E-state index contributed by atoms with van der Waals surface area (Å²) in [6.45, 7) is 7.84. The van der Waals surface area contributed by atoms with Gasteiger partial charge in [-0.25, -0.2) is 0 Å². The molecule has 1 heterocycles. The van der Waals surface area contributed by atoms with E-state index in [4.69, 9.17) is 0 Å². The summed E-state index contributed by atoms with van der Waals surface area (Å²) in [4.78, 5) is 3.89. The van der Waals surface area contributed by atoms with E-state index in [1.54, 1.807) is 0 Å². The standard InChI is InChI=1S/C13H24N2S/c1-4-12(2)15(3)10-9-14-8-7-13-6-5-11-16-13/h5-6,11-12,14H,4,7-10H2,1-3H3. The molecule has 0 aliphatic rings. The van der Waals surface area contributed by atoms with E-state index in [9.17, 15) is 0 Å². The highest BCUT2D eigenvalue weighted by Crippen LogP contribution is 2.07. The Bertz CT molecular complexity index is 259. The molecule has 0 spiro atoms. The van der Waals surface area contributed by atoms with Crippen molar-refractivity contribution in [1.29, 1.82) is 0 Å². The topological polar surface area (TPSA) is 15.3 Å². The molecule has 0 saturated carbocycles. The van der Waals surface area contributed by atoms with E-state index in [-0.39, 0.29) is 0 Å². The molecular weight excluding hydrogens is 216 g/mol. The lowest BCUT2D eigenvalue weighted by Crippen LogP contribution is -2.35. The Morgan fingerprint density at radius 1 is 1.44 bits per heavy atom. The first-order chi connectivity index (χ1) is 7.74. The minimum Gasteiger partial charge on any atom is -0.315 e. The van der Waals surface area contributed by atoms with Gasteiger partial charge in [0.2, 0.25) is 0 Å². The lowest BCUT2D eigenvalue weighted by atomic mass is 10.2. The maximum Gasteiger partial charge on any atom is 0.0107 e. The van der Waals surface area contributed by atoms with E-state index < -0.39 is 0 Å². The van der Waals surface area contributed by atoms with Gasteiger partial charge in [-0.3, -0.25) is 0 Å². The molecule has 1 unspecified atom stereocenters. The maximum atomic E-state index is 3.50. The van der Waals surface area contributed by atoms with Crippen LogP contribution in [0.1, 0.15) is 25.1 Å². The summed E-state index contributed by atoms with van der Waals surface area (Å²) in [6, 6.07) is 5.02. The van der Waals surface area contributed by atoms with Crippen molar-refractivity contribution in [2.45, 2.75) is 32.7 Å². The first-order valence-corrected chi connectivity index (χ1v) is 7.05. The van der Waals surface area contributed by atoms with Crippen molar-refractivity contribution in [3.8, 4) is 0 Å². The van der Waals surface area contributed by atoms with Crippen molar-refractivity contribution in [2.75, 3.05) is 26.7 Å². The van der Waals surface area contributed by atoms with Crippen molar-refractivity contribution >= 4 is 11.3 Å². The summed E-state index contributed by atoms with van der Waals surface area (Å²) in [6.07, 6.45) is 2.39. The zero-order valence-electron chi connectivity index (χ0n) is 10.7. The highest BCUT2D eigenvalue weighted by molar-refractivity contribution is 7.09. The molecule has 0 bridgehead atoms. The third-order valence-corrected chi connectivity index (χ3v) is 4.05. The molecule has 92 valence electrons. The third kappa shape index (κ3) is 5.10. The third-order valence-electron chi connectivity index (χ3n) is 3.11. The Morgan fingerprint density at radius 2 is 2.25 bits per heavy atom. The van der Waals surface area contributed by atoms with Crippen LogP contribution in [0, 0.1) is 0 Å². The van der Waals surface area contributed by atoms with Crippen molar-refractivity contribution < 1.29 is 0 Å². The first kappa shape index (κ1) is 13.7. The lowest BCUT2D eigenvalue weighted by Gasteiger charge is -2.23. The molecule has 0 aliphatic heterocycles. The summed E-state index contributed by atoms with van der Waals surface area (Å²) in [5.74, 6) is 0. The molecule has 0 aromatic carbocycles. The van der Waals surface area contributed by atoms with Gasteiger partial charge >= 0.3 is 0 Å². The molecule has 1 N–H and O–H groups in total. The minimum atomic E-state index is 0.694. The van der Waals surface area contributed by atoms with Crippen LogP contribution in [-0.2, 0) is 6.42 Å². The highest BCUT2D eigenvalue weighted by Gasteiger charge is 2.04. The second kappa shape index (κ2) is 7.82. The largest absolute Gasteiger partial charge is 0.315 e.